The minimum absolute atomic E-state index is 0.140. The Labute approximate surface area is 187 Å². The van der Waals surface area contributed by atoms with Gasteiger partial charge in [-0.15, -0.1) is 0 Å². The Kier molecular flexibility index (Phi) is 5.84. The number of nitrogens with zero attached hydrogens (tertiary/aromatic N) is 5. The molecule has 0 spiro atoms. The van der Waals surface area contributed by atoms with Crippen LogP contribution in [0, 0.1) is 6.92 Å². The maximum Gasteiger partial charge on any atom is 0.229 e. The van der Waals surface area contributed by atoms with E-state index >= 15 is 0 Å². The summed E-state index contributed by atoms with van der Waals surface area (Å²) >= 11 is 0. The van der Waals surface area contributed by atoms with Gasteiger partial charge < -0.3 is 10.2 Å². The van der Waals surface area contributed by atoms with Crippen LogP contribution in [-0.4, -0.2) is 47.2 Å². The average Bonchev–Trinajstić information content (AvgIpc) is 3.05. The van der Waals surface area contributed by atoms with Crippen molar-refractivity contribution in [2.45, 2.75) is 13.3 Å². The molecule has 0 saturated heterocycles. The molecule has 4 aromatic rings. The second kappa shape index (κ2) is 8.58. The highest BCUT2D eigenvalue weighted by atomic mass is 32.2. The molecule has 2 heterocycles. The van der Waals surface area contributed by atoms with Crippen LogP contribution in [0.1, 0.15) is 11.3 Å². The summed E-state index contributed by atoms with van der Waals surface area (Å²) in [5.74, 6) is 1.37. The molecule has 2 aromatic heterocycles. The number of aryl methyl sites for hydroxylation is 3. The first-order valence-corrected chi connectivity index (χ1v) is 12.3. The molecule has 0 fully saturated rings. The first-order valence-electron chi connectivity index (χ1n) is 10.2. The lowest BCUT2D eigenvalue weighted by molar-refractivity contribution is 0.601. The molecule has 0 aliphatic rings. The summed E-state index contributed by atoms with van der Waals surface area (Å²) in [5.41, 5.74) is 4.85. The van der Waals surface area contributed by atoms with Crippen LogP contribution >= 0.6 is 0 Å². The predicted molar refractivity (Wildman–Crippen MR) is 129 cm³/mol. The van der Waals surface area contributed by atoms with Crippen molar-refractivity contribution >= 4 is 43.9 Å². The number of sulfone groups is 1. The van der Waals surface area contributed by atoms with Gasteiger partial charge in [-0.05, 0) is 55.3 Å². The second-order valence-corrected chi connectivity index (χ2v) is 10.2. The quantitative estimate of drug-likeness (QED) is 0.458. The van der Waals surface area contributed by atoms with Crippen LogP contribution < -0.4 is 10.2 Å². The number of benzene rings is 2. The van der Waals surface area contributed by atoms with Crippen molar-refractivity contribution in [1.29, 1.82) is 0 Å². The fourth-order valence-electron chi connectivity index (χ4n) is 3.44. The monoisotopic (exact) mass is 450 g/mol. The number of nitrogens with one attached hydrogen (secondary N) is 1. The van der Waals surface area contributed by atoms with E-state index in [0.717, 1.165) is 39.4 Å². The third kappa shape index (κ3) is 4.88. The van der Waals surface area contributed by atoms with Gasteiger partial charge >= 0.3 is 0 Å². The van der Waals surface area contributed by atoms with Crippen molar-refractivity contribution in [3.63, 3.8) is 0 Å². The zero-order valence-electron chi connectivity index (χ0n) is 18.6. The standard InChI is InChI=1S/C23H26N6O2S/c1-16-20-10-9-19(15-21(20)27-29(16)3)28(2)22-11-13-24-23(26-22)25-18-7-5-17(6-8-18)12-14-32(4,30)31/h5-11,13,15H,12,14H2,1-4H3,(H,24,25,26). The van der Waals surface area contributed by atoms with E-state index in [2.05, 4.69) is 39.4 Å². The highest BCUT2D eigenvalue weighted by molar-refractivity contribution is 7.90. The van der Waals surface area contributed by atoms with E-state index in [4.69, 9.17) is 0 Å². The van der Waals surface area contributed by atoms with Gasteiger partial charge in [0.25, 0.3) is 0 Å². The molecule has 2 aromatic carbocycles. The average molecular weight is 451 g/mol. The van der Waals surface area contributed by atoms with E-state index in [-0.39, 0.29) is 5.75 Å². The van der Waals surface area contributed by atoms with Gasteiger partial charge in [-0.2, -0.15) is 10.1 Å². The Hall–Kier alpha value is -3.46. The summed E-state index contributed by atoms with van der Waals surface area (Å²) in [6.07, 6.45) is 3.46. The molecule has 0 aliphatic carbocycles. The summed E-state index contributed by atoms with van der Waals surface area (Å²) in [4.78, 5) is 11.0. The molecule has 32 heavy (non-hydrogen) atoms. The van der Waals surface area contributed by atoms with Crippen molar-refractivity contribution in [2.24, 2.45) is 7.05 Å². The largest absolute Gasteiger partial charge is 0.329 e. The van der Waals surface area contributed by atoms with E-state index in [1.807, 2.05) is 60.1 Å². The number of aromatic nitrogens is 4. The maximum atomic E-state index is 11.3. The molecular weight excluding hydrogens is 424 g/mol. The number of rotatable bonds is 7. The van der Waals surface area contributed by atoms with E-state index in [1.54, 1.807) is 6.20 Å². The smallest absolute Gasteiger partial charge is 0.229 e. The number of hydrogen-bond donors (Lipinski definition) is 1. The highest BCUT2D eigenvalue weighted by Gasteiger charge is 2.11. The minimum atomic E-state index is -2.98. The summed E-state index contributed by atoms with van der Waals surface area (Å²) in [7, 11) is 0.926. The molecule has 0 bridgehead atoms. The normalized spacial score (nSPS) is 11.6. The van der Waals surface area contributed by atoms with Gasteiger partial charge in [0, 0.05) is 49.0 Å². The zero-order valence-corrected chi connectivity index (χ0v) is 19.4. The van der Waals surface area contributed by atoms with Crippen molar-refractivity contribution in [2.75, 3.05) is 29.3 Å². The fraction of sp³-hybridized carbons (Fsp3) is 0.261. The van der Waals surface area contributed by atoms with Crippen LogP contribution in [0.4, 0.5) is 23.1 Å². The van der Waals surface area contributed by atoms with Crippen molar-refractivity contribution < 1.29 is 8.42 Å². The molecule has 0 amide bonds. The van der Waals surface area contributed by atoms with Gasteiger partial charge in [-0.1, -0.05) is 12.1 Å². The lowest BCUT2D eigenvalue weighted by Gasteiger charge is -2.19. The second-order valence-electron chi connectivity index (χ2n) is 7.91. The Bertz CT molecular complexity index is 1360. The lowest BCUT2D eigenvalue weighted by atomic mass is 10.1. The molecule has 0 atom stereocenters. The van der Waals surface area contributed by atoms with Crippen LogP contribution in [-0.2, 0) is 23.3 Å². The summed E-state index contributed by atoms with van der Waals surface area (Å²) in [5, 5.41) is 8.91. The summed E-state index contributed by atoms with van der Waals surface area (Å²) in [6.45, 7) is 2.05. The molecule has 8 nitrogen and oxygen atoms in total. The van der Waals surface area contributed by atoms with Crippen LogP contribution in [0.25, 0.3) is 10.9 Å². The van der Waals surface area contributed by atoms with Crippen LogP contribution in [0.15, 0.2) is 54.7 Å². The van der Waals surface area contributed by atoms with Gasteiger partial charge in [-0.25, -0.2) is 13.4 Å². The third-order valence-electron chi connectivity index (χ3n) is 5.46. The first-order chi connectivity index (χ1) is 15.2. The van der Waals surface area contributed by atoms with Crippen LogP contribution in [0.2, 0.25) is 0 Å². The number of fused-ring (bicyclic) bond motifs is 1. The SMILES string of the molecule is Cc1c2ccc(N(C)c3ccnc(Nc4ccc(CCS(C)(=O)=O)cc4)n3)cc2nn1C. The Morgan fingerprint density at radius 1 is 1.09 bits per heavy atom. The zero-order chi connectivity index (χ0) is 22.9. The topological polar surface area (TPSA) is 93.0 Å². The lowest BCUT2D eigenvalue weighted by Crippen LogP contribution is -2.12. The molecule has 166 valence electrons. The van der Waals surface area contributed by atoms with E-state index in [0.29, 0.717) is 12.4 Å². The van der Waals surface area contributed by atoms with Crippen LogP contribution in [0.5, 0.6) is 0 Å². The molecule has 9 heteroatoms. The molecule has 0 saturated carbocycles. The summed E-state index contributed by atoms with van der Waals surface area (Å²) in [6, 6.07) is 15.7. The predicted octanol–water partition coefficient (Wildman–Crippen LogP) is 3.77. The van der Waals surface area contributed by atoms with E-state index in [1.165, 1.54) is 6.26 Å². The Morgan fingerprint density at radius 2 is 1.84 bits per heavy atom. The molecule has 1 N–H and O–H groups in total. The van der Waals surface area contributed by atoms with Crippen molar-refractivity contribution in [1.82, 2.24) is 19.7 Å². The maximum absolute atomic E-state index is 11.3. The first kappa shape index (κ1) is 21.8. The number of hydrogen-bond acceptors (Lipinski definition) is 7. The Balaban J connectivity index is 1.49. The van der Waals surface area contributed by atoms with Crippen molar-refractivity contribution in [3.8, 4) is 0 Å². The van der Waals surface area contributed by atoms with E-state index in [9.17, 15) is 8.42 Å². The Morgan fingerprint density at radius 3 is 2.56 bits per heavy atom. The van der Waals surface area contributed by atoms with Gasteiger partial charge in [0.1, 0.15) is 15.7 Å². The molecular formula is C23H26N6O2S. The van der Waals surface area contributed by atoms with Crippen molar-refractivity contribution in [3.05, 3.63) is 66.0 Å². The van der Waals surface area contributed by atoms with Gasteiger partial charge in [0.05, 0.1) is 11.3 Å². The molecule has 0 radical (unpaired) electrons. The van der Waals surface area contributed by atoms with Gasteiger partial charge in [-0.3, -0.25) is 4.68 Å². The van der Waals surface area contributed by atoms with Crippen LogP contribution in [0.3, 0.4) is 0 Å². The number of anilines is 4. The molecule has 0 aliphatic heterocycles. The third-order valence-corrected chi connectivity index (χ3v) is 6.40. The van der Waals surface area contributed by atoms with Gasteiger partial charge in [0.2, 0.25) is 5.95 Å². The fourth-order valence-corrected chi connectivity index (χ4v) is 4.05. The molecule has 4 rings (SSSR count). The highest BCUT2D eigenvalue weighted by Crippen LogP contribution is 2.27. The minimum Gasteiger partial charge on any atom is -0.329 e. The molecule has 0 unspecified atom stereocenters. The summed E-state index contributed by atoms with van der Waals surface area (Å²) < 4.78 is 24.6. The van der Waals surface area contributed by atoms with Gasteiger partial charge in [0.15, 0.2) is 0 Å². The van der Waals surface area contributed by atoms with E-state index < -0.39 is 9.84 Å².